The van der Waals surface area contributed by atoms with E-state index in [9.17, 15) is 0 Å². The van der Waals surface area contributed by atoms with Gasteiger partial charge in [0.1, 0.15) is 18.1 Å². The van der Waals surface area contributed by atoms with Gasteiger partial charge in [-0.25, -0.2) is 0 Å². The van der Waals surface area contributed by atoms with Gasteiger partial charge in [0.15, 0.2) is 0 Å². The molecule has 0 saturated carbocycles. The number of hydrogen-bond acceptors (Lipinski definition) is 3. The fourth-order valence-corrected chi connectivity index (χ4v) is 1.89. The zero-order chi connectivity index (χ0) is 13.8. The maximum Gasteiger partial charge on any atom is 0.146 e. The second kappa shape index (κ2) is 5.93. The predicted molar refractivity (Wildman–Crippen MR) is 76.2 cm³/mol. The van der Waals surface area contributed by atoms with Gasteiger partial charge < -0.3 is 14.9 Å². The highest BCUT2D eigenvalue weighted by molar-refractivity contribution is 5.37. The molecular formula is C16H21NO2. The molecule has 3 nitrogen and oxygen atoms in total. The molecule has 1 heterocycles. The van der Waals surface area contributed by atoms with Gasteiger partial charge in [0.05, 0.1) is 6.26 Å². The average molecular weight is 259 g/mol. The Balaban J connectivity index is 2.08. The van der Waals surface area contributed by atoms with Crippen molar-refractivity contribution in [1.29, 1.82) is 0 Å². The molecule has 0 aliphatic carbocycles. The number of ether oxygens (including phenoxy) is 1. The van der Waals surface area contributed by atoms with E-state index in [0.717, 1.165) is 22.6 Å². The Morgan fingerprint density at radius 2 is 2.05 bits per heavy atom. The van der Waals surface area contributed by atoms with Gasteiger partial charge in [0, 0.05) is 12.1 Å². The Kier molecular flexibility index (Phi) is 4.27. The van der Waals surface area contributed by atoms with E-state index in [-0.39, 0.29) is 0 Å². The van der Waals surface area contributed by atoms with Gasteiger partial charge in [0.25, 0.3) is 0 Å². The van der Waals surface area contributed by atoms with Gasteiger partial charge >= 0.3 is 0 Å². The number of benzene rings is 1. The van der Waals surface area contributed by atoms with Gasteiger partial charge in [0.2, 0.25) is 0 Å². The van der Waals surface area contributed by atoms with E-state index in [1.54, 1.807) is 6.26 Å². The highest BCUT2D eigenvalue weighted by atomic mass is 16.5. The Hall–Kier alpha value is -1.74. The topological polar surface area (TPSA) is 48.4 Å². The standard InChI is InChI=1S/C16H21NO2/c1-11(2)14-5-4-12(3)16(7-14)19-10-15-6-13(8-17)9-18-15/h4-7,9,11H,8,10,17H2,1-3H3. The lowest BCUT2D eigenvalue weighted by Gasteiger charge is -2.12. The van der Waals surface area contributed by atoms with Crippen LogP contribution in [0.1, 0.15) is 42.2 Å². The first-order chi connectivity index (χ1) is 9.10. The first kappa shape index (κ1) is 13.7. The molecule has 0 aliphatic rings. The summed E-state index contributed by atoms with van der Waals surface area (Å²) in [5, 5.41) is 0. The summed E-state index contributed by atoms with van der Waals surface area (Å²) in [6.07, 6.45) is 1.68. The van der Waals surface area contributed by atoms with Crippen LogP contribution in [0.25, 0.3) is 0 Å². The highest BCUT2D eigenvalue weighted by Gasteiger charge is 2.07. The van der Waals surface area contributed by atoms with Gasteiger partial charge in [-0.1, -0.05) is 26.0 Å². The maximum atomic E-state index is 5.84. The molecule has 0 spiro atoms. The van der Waals surface area contributed by atoms with Crippen LogP contribution in [0.4, 0.5) is 0 Å². The van der Waals surface area contributed by atoms with Crippen LogP contribution in [-0.4, -0.2) is 0 Å². The fraction of sp³-hybridized carbons (Fsp3) is 0.375. The monoisotopic (exact) mass is 259 g/mol. The Morgan fingerprint density at radius 3 is 2.68 bits per heavy atom. The number of nitrogens with two attached hydrogens (primary N) is 1. The lowest BCUT2D eigenvalue weighted by molar-refractivity contribution is 0.268. The Morgan fingerprint density at radius 1 is 1.26 bits per heavy atom. The van der Waals surface area contributed by atoms with Crippen molar-refractivity contribution >= 4 is 0 Å². The molecule has 0 atom stereocenters. The molecule has 0 bridgehead atoms. The molecule has 0 unspecified atom stereocenters. The molecule has 3 heteroatoms. The Bertz CT molecular complexity index is 543. The molecule has 1 aromatic carbocycles. The molecule has 0 fully saturated rings. The second-order valence-electron chi connectivity index (χ2n) is 5.09. The second-order valence-corrected chi connectivity index (χ2v) is 5.09. The minimum atomic E-state index is 0.433. The van der Waals surface area contributed by atoms with Crippen molar-refractivity contribution in [3.05, 3.63) is 53.0 Å². The quantitative estimate of drug-likeness (QED) is 0.889. The molecule has 2 rings (SSSR count). The normalized spacial score (nSPS) is 11.0. The predicted octanol–water partition coefficient (Wildman–Crippen LogP) is 3.75. The van der Waals surface area contributed by atoms with Crippen molar-refractivity contribution in [3.63, 3.8) is 0 Å². The average Bonchev–Trinajstić information content (AvgIpc) is 2.85. The van der Waals surface area contributed by atoms with E-state index in [0.29, 0.717) is 19.1 Å². The van der Waals surface area contributed by atoms with Crippen LogP contribution < -0.4 is 10.5 Å². The van der Waals surface area contributed by atoms with E-state index in [1.165, 1.54) is 5.56 Å². The third-order valence-corrected chi connectivity index (χ3v) is 3.19. The highest BCUT2D eigenvalue weighted by Crippen LogP contribution is 2.25. The summed E-state index contributed by atoms with van der Waals surface area (Å²) in [6.45, 7) is 7.32. The maximum absolute atomic E-state index is 5.84. The van der Waals surface area contributed by atoms with Crippen LogP contribution in [0, 0.1) is 6.92 Å². The summed E-state index contributed by atoms with van der Waals surface area (Å²) in [4.78, 5) is 0. The SMILES string of the molecule is Cc1ccc(C(C)C)cc1OCc1cc(CN)co1. The number of aryl methyl sites for hydroxylation is 1. The summed E-state index contributed by atoms with van der Waals surface area (Å²) in [5.74, 6) is 2.21. The molecule has 0 aliphatic heterocycles. The molecule has 2 aromatic rings. The van der Waals surface area contributed by atoms with Crippen LogP contribution in [-0.2, 0) is 13.2 Å². The van der Waals surface area contributed by atoms with Crippen LogP contribution >= 0.6 is 0 Å². The van der Waals surface area contributed by atoms with Crippen molar-refractivity contribution in [1.82, 2.24) is 0 Å². The van der Waals surface area contributed by atoms with Crippen molar-refractivity contribution in [3.8, 4) is 5.75 Å². The summed E-state index contributed by atoms with van der Waals surface area (Å²) in [7, 11) is 0. The van der Waals surface area contributed by atoms with E-state index < -0.39 is 0 Å². The third kappa shape index (κ3) is 3.38. The molecule has 2 N–H and O–H groups in total. The van der Waals surface area contributed by atoms with E-state index in [1.807, 2.05) is 13.0 Å². The fourth-order valence-electron chi connectivity index (χ4n) is 1.89. The first-order valence-electron chi connectivity index (χ1n) is 6.60. The van der Waals surface area contributed by atoms with Crippen molar-refractivity contribution < 1.29 is 9.15 Å². The van der Waals surface area contributed by atoms with Crippen LogP contribution in [0.5, 0.6) is 5.75 Å². The lowest BCUT2D eigenvalue weighted by atomic mass is 10.0. The van der Waals surface area contributed by atoms with Gasteiger partial charge in [-0.05, 0) is 36.1 Å². The van der Waals surface area contributed by atoms with Gasteiger partial charge in [-0.2, -0.15) is 0 Å². The van der Waals surface area contributed by atoms with Crippen LogP contribution in [0.15, 0.2) is 34.9 Å². The minimum absolute atomic E-state index is 0.433. The zero-order valence-electron chi connectivity index (χ0n) is 11.8. The molecule has 19 heavy (non-hydrogen) atoms. The molecule has 1 aromatic heterocycles. The van der Waals surface area contributed by atoms with Crippen LogP contribution in [0.2, 0.25) is 0 Å². The minimum Gasteiger partial charge on any atom is -0.485 e. The molecule has 0 amide bonds. The van der Waals surface area contributed by atoms with Gasteiger partial charge in [-0.3, -0.25) is 0 Å². The largest absolute Gasteiger partial charge is 0.485 e. The Labute approximate surface area is 114 Å². The van der Waals surface area contributed by atoms with Gasteiger partial charge in [-0.15, -0.1) is 0 Å². The number of hydrogen-bond donors (Lipinski definition) is 1. The molecule has 0 saturated heterocycles. The summed E-state index contributed by atoms with van der Waals surface area (Å²) >= 11 is 0. The summed E-state index contributed by atoms with van der Waals surface area (Å²) in [5.41, 5.74) is 8.95. The smallest absolute Gasteiger partial charge is 0.146 e. The zero-order valence-corrected chi connectivity index (χ0v) is 11.8. The molecule has 102 valence electrons. The molecular weight excluding hydrogens is 238 g/mol. The summed E-state index contributed by atoms with van der Waals surface area (Å²) < 4.78 is 11.2. The van der Waals surface area contributed by atoms with Crippen molar-refractivity contribution in [2.24, 2.45) is 5.73 Å². The number of rotatable bonds is 5. The molecule has 0 radical (unpaired) electrons. The lowest BCUT2D eigenvalue weighted by Crippen LogP contribution is -1.98. The first-order valence-corrected chi connectivity index (χ1v) is 6.60. The third-order valence-electron chi connectivity index (χ3n) is 3.19. The summed E-state index contributed by atoms with van der Waals surface area (Å²) in [6, 6.07) is 8.28. The van der Waals surface area contributed by atoms with Crippen molar-refractivity contribution in [2.75, 3.05) is 0 Å². The number of furan rings is 1. The van der Waals surface area contributed by atoms with E-state index in [4.69, 9.17) is 14.9 Å². The van der Waals surface area contributed by atoms with E-state index >= 15 is 0 Å². The van der Waals surface area contributed by atoms with E-state index in [2.05, 4.69) is 32.0 Å². The van der Waals surface area contributed by atoms with Crippen molar-refractivity contribution in [2.45, 2.75) is 39.8 Å². The van der Waals surface area contributed by atoms with Crippen LogP contribution in [0.3, 0.4) is 0 Å².